The molecule has 0 spiro atoms. The average molecular weight is 278 g/mol. The molecule has 0 aliphatic carbocycles. The smallest absolute Gasteiger partial charge is 0.269 e. The first-order valence-corrected chi connectivity index (χ1v) is 6.99. The third kappa shape index (κ3) is 4.05. The maximum Gasteiger partial charge on any atom is 0.269 e. The first kappa shape index (κ1) is 16.1. The van der Waals surface area contributed by atoms with Crippen LogP contribution in [0, 0.1) is 15.5 Å². The van der Waals surface area contributed by atoms with Gasteiger partial charge in [0.15, 0.2) is 0 Å². The fourth-order valence-corrected chi connectivity index (χ4v) is 2.40. The van der Waals surface area contributed by atoms with Crippen LogP contribution in [0.1, 0.15) is 46.5 Å². The minimum absolute atomic E-state index is 0.0185. The Morgan fingerprint density at radius 3 is 2.10 bits per heavy atom. The maximum atomic E-state index is 12.4. The molecule has 0 aliphatic heterocycles. The number of amides is 1. The van der Waals surface area contributed by atoms with Crippen molar-refractivity contribution in [1.82, 2.24) is 0 Å². The molecular weight excluding hydrogens is 256 g/mol. The number of hydrogen-bond donors (Lipinski definition) is 1. The molecule has 0 aromatic heterocycles. The molecule has 5 heteroatoms. The van der Waals surface area contributed by atoms with Crippen molar-refractivity contribution in [1.29, 1.82) is 0 Å². The molecule has 0 aliphatic rings. The molecule has 0 heterocycles. The van der Waals surface area contributed by atoms with Gasteiger partial charge in [0.2, 0.25) is 5.91 Å². The second kappa shape index (κ2) is 7.03. The molecule has 0 atom stereocenters. The lowest BCUT2D eigenvalue weighted by Crippen LogP contribution is -2.33. The van der Waals surface area contributed by atoms with Gasteiger partial charge in [-0.3, -0.25) is 14.9 Å². The molecule has 0 bridgehead atoms. The molecule has 0 fully saturated rings. The summed E-state index contributed by atoms with van der Waals surface area (Å²) >= 11 is 0. The van der Waals surface area contributed by atoms with Crippen molar-refractivity contribution in [2.24, 2.45) is 5.41 Å². The van der Waals surface area contributed by atoms with Crippen molar-refractivity contribution in [3.05, 3.63) is 34.4 Å². The highest BCUT2D eigenvalue weighted by molar-refractivity contribution is 5.95. The number of nitrogens with one attached hydrogen (secondary N) is 1. The van der Waals surface area contributed by atoms with E-state index >= 15 is 0 Å². The van der Waals surface area contributed by atoms with Crippen molar-refractivity contribution in [2.75, 3.05) is 5.32 Å². The first-order chi connectivity index (χ1) is 9.42. The minimum atomic E-state index is -0.454. The summed E-state index contributed by atoms with van der Waals surface area (Å²) in [7, 11) is 0. The summed E-state index contributed by atoms with van der Waals surface area (Å²) in [6, 6.07) is 5.92. The molecule has 0 saturated heterocycles. The van der Waals surface area contributed by atoms with E-state index in [1.165, 1.54) is 12.1 Å². The molecule has 1 aromatic carbocycles. The van der Waals surface area contributed by atoms with E-state index in [-0.39, 0.29) is 17.0 Å². The number of non-ortho nitro benzene ring substituents is 1. The van der Waals surface area contributed by atoms with Gasteiger partial charge >= 0.3 is 0 Å². The highest BCUT2D eigenvalue weighted by atomic mass is 16.6. The lowest BCUT2D eigenvalue weighted by Gasteiger charge is -2.27. The molecule has 1 rings (SSSR count). The van der Waals surface area contributed by atoms with Gasteiger partial charge in [0, 0.05) is 23.2 Å². The Hall–Kier alpha value is -1.91. The molecule has 0 radical (unpaired) electrons. The fraction of sp³-hybridized carbons (Fsp3) is 0.533. The van der Waals surface area contributed by atoms with Crippen molar-refractivity contribution < 1.29 is 9.72 Å². The number of nitrogens with zero attached hydrogens (tertiary/aromatic N) is 1. The average Bonchev–Trinajstić information content (AvgIpc) is 2.39. The molecule has 110 valence electrons. The second-order valence-electron chi connectivity index (χ2n) is 5.32. The normalized spacial score (nSPS) is 11.2. The number of nitro groups is 1. The van der Waals surface area contributed by atoms with E-state index in [0.29, 0.717) is 5.69 Å². The van der Waals surface area contributed by atoms with Crippen LogP contribution in [0.2, 0.25) is 0 Å². The summed E-state index contributed by atoms with van der Waals surface area (Å²) in [5.41, 5.74) is 0.234. The van der Waals surface area contributed by atoms with Crippen LogP contribution in [0.25, 0.3) is 0 Å². The van der Waals surface area contributed by atoms with Gasteiger partial charge in [-0.25, -0.2) is 0 Å². The van der Waals surface area contributed by atoms with E-state index in [1.54, 1.807) is 12.1 Å². The van der Waals surface area contributed by atoms with Gasteiger partial charge in [0.1, 0.15) is 0 Å². The number of benzene rings is 1. The zero-order chi connectivity index (χ0) is 15.2. The zero-order valence-electron chi connectivity index (χ0n) is 12.3. The van der Waals surface area contributed by atoms with E-state index in [2.05, 4.69) is 19.2 Å². The number of anilines is 1. The monoisotopic (exact) mass is 278 g/mol. The van der Waals surface area contributed by atoms with Crippen LogP contribution in [0.5, 0.6) is 0 Å². The van der Waals surface area contributed by atoms with E-state index < -0.39 is 4.92 Å². The summed E-state index contributed by atoms with van der Waals surface area (Å²) < 4.78 is 0. The number of hydrogen-bond acceptors (Lipinski definition) is 3. The van der Waals surface area contributed by atoms with E-state index in [0.717, 1.165) is 25.7 Å². The molecule has 1 N–H and O–H groups in total. The van der Waals surface area contributed by atoms with Gasteiger partial charge in [-0.1, -0.05) is 33.6 Å². The van der Waals surface area contributed by atoms with Crippen LogP contribution in [0.15, 0.2) is 24.3 Å². The van der Waals surface area contributed by atoms with Crippen molar-refractivity contribution in [3.63, 3.8) is 0 Å². The minimum Gasteiger partial charge on any atom is -0.326 e. The van der Waals surface area contributed by atoms with Crippen LogP contribution in [0.4, 0.5) is 11.4 Å². The number of carbonyl (C=O) groups is 1. The van der Waals surface area contributed by atoms with Crippen molar-refractivity contribution in [3.8, 4) is 0 Å². The third-order valence-corrected chi connectivity index (χ3v) is 3.49. The topological polar surface area (TPSA) is 72.2 Å². The zero-order valence-corrected chi connectivity index (χ0v) is 12.3. The Morgan fingerprint density at radius 2 is 1.70 bits per heavy atom. The van der Waals surface area contributed by atoms with Crippen LogP contribution >= 0.6 is 0 Å². The lowest BCUT2D eigenvalue weighted by atomic mass is 9.80. The van der Waals surface area contributed by atoms with E-state index in [9.17, 15) is 14.9 Å². The third-order valence-electron chi connectivity index (χ3n) is 3.49. The molecule has 20 heavy (non-hydrogen) atoms. The van der Waals surface area contributed by atoms with Gasteiger partial charge in [0.05, 0.1) is 4.92 Å². The van der Waals surface area contributed by atoms with Gasteiger partial charge in [-0.2, -0.15) is 0 Å². The van der Waals surface area contributed by atoms with E-state index in [4.69, 9.17) is 0 Å². The van der Waals surface area contributed by atoms with Gasteiger partial charge in [-0.15, -0.1) is 0 Å². The van der Waals surface area contributed by atoms with Crippen molar-refractivity contribution >= 4 is 17.3 Å². The van der Waals surface area contributed by atoms with Gasteiger partial charge in [-0.05, 0) is 25.0 Å². The van der Waals surface area contributed by atoms with Crippen molar-refractivity contribution in [2.45, 2.75) is 46.5 Å². The first-order valence-electron chi connectivity index (χ1n) is 6.99. The lowest BCUT2D eigenvalue weighted by molar-refractivity contribution is -0.384. The van der Waals surface area contributed by atoms with Crippen LogP contribution in [0.3, 0.4) is 0 Å². The fourth-order valence-electron chi connectivity index (χ4n) is 2.40. The maximum absolute atomic E-state index is 12.4. The standard InChI is InChI=1S/C15H22N2O3/c1-4-10-15(3,11-5-2)14(18)16-12-6-8-13(9-7-12)17(19)20/h6-9H,4-5,10-11H2,1-3H3,(H,16,18). The SMILES string of the molecule is CCCC(C)(CCC)C(=O)Nc1ccc([N+](=O)[O-])cc1. The Kier molecular flexibility index (Phi) is 5.67. The molecule has 0 unspecified atom stereocenters. The number of carbonyl (C=O) groups excluding carboxylic acids is 1. The Bertz CT molecular complexity index is 463. The Labute approximate surface area is 119 Å². The quantitative estimate of drug-likeness (QED) is 0.601. The molecule has 5 nitrogen and oxygen atoms in total. The summed E-state index contributed by atoms with van der Waals surface area (Å²) in [5.74, 6) is -0.0185. The number of nitro benzene ring substituents is 1. The Morgan fingerprint density at radius 1 is 1.20 bits per heavy atom. The predicted molar refractivity (Wildman–Crippen MR) is 79.6 cm³/mol. The van der Waals surface area contributed by atoms with Gasteiger partial charge in [0.25, 0.3) is 5.69 Å². The van der Waals surface area contributed by atoms with Crippen LogP contribution in [-0.2, 0) is 4.79 Å². The summed E-state index contributed by atoms with van der Waals surface area (Å²) in [5, 5.41) is 13.4. The molecular formula is C15H22N2O3. The predicted octanol–water partition coefficient (Wildman–Crippen LogP) is 4.14. The second-order valence-corrected chi connectivity index (χ2v) is 5.32. The van der Waals surface area contributed by atoms with Crippen LogP contribution < -0.4 is 5.32 Å². The van der Waals surface area contributed by atoms with E-state index in [1.807, 2.05) is 6.92 Å². The highest BCUT2D eigenvalue weighted by Gasteiger charge is 2.31. The Balaban J connectivity index is 2.80. The summed E-state index contributed by atoms with van der Waals surface area (Å²) in [4.78, 5) is 22.5. The molecule has 1 amide bonds. The highest BCUT2D eigenvalue weighted by Crippen LogP contribution is 2.31. The number of rotatable bonds is 7. The van der Waals surface area contributed by atoms with Gasteiger partial charge < -0.3 is 5.32 Å². The summed E-state index contributed by atoms with van der Waals surface area (Å²) in [6.07, 6.45) is 3.56. The largest absolute Gasteiger partial charge is 0.326 e. The molecule has 0 saturated carbocycles. The summed E-state index contributed by atoms with van der Waals surface area (Å²) in [6.45, 7) is 6.10. The van der Waals surface area contributed by atoms with Crippen LogP contribution in [-0.4, -0.2) is 10.8 Å². The molecule has 1 aromatic rings.